The summed E-state index contributed by atoms with van der Waals surface area (Å²) >= 11 is 0. The van der Waals surface area contributed by atoms with Crippen LogP contribution < -0.4 is 55.3 Å². The number of aliphatic imine (C=N–C) groups is 1. The fourth-order valence-electron chi connectivity index (χ4n) is 9.61. The third-order valence-corrected chi connectivity index (χ3v) is 13.2. The molecule has 20 heteroatoms. The van der Waals surface area contributed by atoms with E-state index in [1.807, 2.05) is 53.4 Å². The summed E-state index contributed by atoms with van der Waals surface area (Å²) < 4.78 is 24.3. The number of carboxylic acid groups (broad SMARTS) is 1. The van der Waals surface area contributed by atoms with E-state index >= 15 is 0 Å². The van der Waals surface area contributed by atoms with E-state index in [1.165, 1.54) is 19.8 Å². The summed E-state index contributed by atoms with van der Waals surface area (Å²) in [5.41, 5.74) is 7.73. The molecule has 5 amide bonds. The van der Waals surface area contributed by atoms with Crippen molar-refractivity contribution in [1.29, 1.82) is 0 Å². The molecule has 20 nitrogen and oxygen atoms in total. The molecule has 0 spiro atoms. The number of aliphatic hydroxyl groups is 1. The van der Waals surface area contributed by atoms with E-state index in [-0.39, 0.29) is 50.6 Å². The zero-order valence-electron chi connectivity index (χ0n) is 40.8. The van der Waals surface area contributed by atoms with Crippen LogP contribution in [-0.2, 0) is 50.0 Å². The topological polar surface area (TPSA) is 259 Å². The van der Waals surface area contributed by atoms with E-state index in [0.29, 0.717) is 88.1 Å². The molecule has 1 unspecified atom stereocenters. The minimum Gasteiger partial charge on any atom is -0.493 e. The van der Waals surface area contributed by atoms with Gasteiger partial charge in [-0.25, -0.2) is 0 Å². The molecule has 74 heavy (non-hydrogen) atoms. The molecule has 0 fully saturated rings. The number of ether oxygens (including phenoxy) is 4. The molecule has 4 heterocycles. The third-order valence-electron chi connectivity index (χ3n) is 13.2. The quantitative estimate of drug-likeness (QED) is 0.0511. The van der Waals surface area contributed by atoms with Crippen LogP contribution in [0, 0.1) is 0 Å². The number of carbonyl (C=O) groups excluding carboxylic acids is 5. The number of nitrogens with one attached hydrogen (secondary N) is 5. The predicted octanol–water partition coefficient (Wildman–Crippen LogP) is 4.93. The Hall–Kier alpha value is -8.65. The lowest BCUT2D eigenvalue weighted by atomic mass is 10.1. The SMILES string of the molecule is COc1cc2c(cc1OCc1cc(COc3cc4c(cc3OC)C(O)N3c5ccccc5C[C@H]3CN4)cc(NC(=O)CNC(=O)CNC(=O)CNC(=O)CCCCC(=O)O)c1)N=C[C@@H]1Cc3ccccc3N1C2=O. The van der Waals surface area contributed by atoms with Crippen molar-refractivity contribution in [2.45, 2.75) is 70.1 Å². The van der Waals surface area contributed by atoms with E-state index in [0.717, 1.165) is 23.4 Å². The number of amides is 5. The van der Waals surface area contributed by atoms with E-state index in [1.54, 1.807) is 47.5 Å². The van der Waals surface area contributed by atoms with E-state index in [2.05, 4.69) is 32.7 Å². The first kappa shape index (κ1) is 50.3. The molecule has 384 valence electrons. The Balaban J connectivity index is 0.888. The fourth-order valence-corrected chi connectivity index (χ4v) is 9.61. The molecule has 5 aromatic rings. The second kappa shape index (κ2) is 22.4. The van der Waals surface area contributed by atoms with Gasteiger partial charge < -0.3 is 60.6 Å². The van der Waals surface area contributed by atoms with Crippen LogP contribution in [0.25, 0.3) is 0 Å². The second-order valence-electron chi connectivity index (χ2n) is 18.2. The minimum absolute atomic E-state index is 0.00205. The largest absolute Gasteiger partial charge is 0.493 e. The number of methoxy groups -OCH3 is 2. The van der Waals surface area contributed by atoms with E-state index in [9.17, 15) is 33.9 Å². The minimum atomic E-state index is -0.955. The van der Waals surface area contributed by atoms with Crippen LogP contribution in [0.1, 0.15) is 70.1 Å². The number of carboxylic acids is 1. The number of hydrogen-bond acceptors (Lipinski definition) is 14. The fraction of sp³-hybridized carbons (Fsp3) is 0.315. The van der Waals surface area contributed by atoms with Gasteiger partial charge in [-0.1, -0.05) is 36.4 Å². The van der Waals surface area contributed by atoms with Gasteiger partial charge in [-0.05, 0) is 84.0 Å². The highest BCUT2D eigenvalue weighted by molar-refractivity contribution is 6.14. The Morgan fingerprint density at radius 1 is 0.703 bits per heavy atom. The standard InChI is InChI=1S/C54H56N8O12/c1-71-44-20-38-40(55-24-36-18-33-9-3-5-11-42(33)61(36)53(38)69)22-46(44)73-29-31-15-32(17-35(16-31)60-51(66)28-59-50(65)27-58-49(64)26-57-48(63)13-7-8-14-52(67)68)30-74-47-23-41-39(21-45(47)72-2)54(70)62-37(25-56-41)19-34-10-4-6-12-43(34)62/h3-6,9-12,15-17,20-24,36-37,54,56,70H,7-8,13-14,18-19,25-30H2,1-2H3,(H,57,63)(H,58,64)(H,59,65)(H,60,66)(H,67,68)/t36-,37-,54?/m0/s1. The molecule has 0 aliphatic carbocycles. The molecule has 9 rings (SSSR count). The van der Waals surface area contributed by atoms with Crippen molar-refractivity contribution < 1.29 is 57.9 Å². The zero-order valence-corrected chi connectivity index (χ0v) is 40.8. The van der Waals surface area contributed by atoms with Gasteiger partial charge in [0.25, 0.3) is 5.91 Å². The molecule has 4 aliphatic rings. The van der Waals surface area contributed by atoms with E-state index < -0.39 is 48.9 Å². The number of fused-ring (bicyclic) bond motifs is 8. The first-order valence-electron chi connectivity index (χ1n) is 24.2. The van der Waals surface area contributed by atoms with Gasteiger partial charge in [0.1, 0.15) is 13.2 Å². The average Bonchev–Trinajstić information content (AvgIpc) is 3.89. The molecule has 0 aromatic heterocycles. The average molecular weight is 1010 g/mol. The maximum Gasteiger partial charge on any atom is 0.303 e. The van der Waals surface area contributed by atoms with Crippen LogP contribution in [0.3, 0.4) is 0 Å². The smallest absolute Gasteiger partial charge is 0.303 e. The molecule has 0 saturated heterocycles. The molecule has 0 radical (unpaired) electrons. The van der Waals surface area contributed by atoms with Crippen molar-refractivity contribution >= 4 is 70.2 Å². The number of rotatable bonds is 20. The Bertz CT molecular complexity index is 3040. The van der Waals surface area contributed by atoms with Crippen LogP contribution >= 0.6 is 0 Å². The number of benzene rings is 5. The first-order chi connectivity index (χ1) is 35.8. The Kier molecular flexibility index (Phi) is 15.2. The Morgan fingerprint density at radius 2 is 1.31 bits per heavy atom. The van der Waals surface area contributed by atoms with Crippen LogP contribution in [0.15, 0.2) is 96.0 Å². The number of aliphatic hydroxyl groups excluding tert-OH is 1. The van der Waals surface area contributed by atoms with Crippen molar-refractivity contribution in [2.75, 3.05) is 60.8 Å². The van der Waals surface area contributed by atoms with Crippen molar-refractivity contribution in [3.05, 3.63) is 124 Å². The zero-order chi connectivity index (χ0) is 51.9. The lowest BCUT2D eigenvalue weighted by Crippen LogP contribution is -2.43. The normalized spacial score (nSPS) is 16.6. The summed E-state index contributed by atoms with van der Waals surface area (Å²) in [7, 11) is 3.01. The number of anilines is 4. The monoisotopic (exact) mass is 1010 g/mol. The van der Waals surface area contributed by atoms with Crippen molar-refractivity contribution in [2.24, 2.45) is 4.99 Å². The number of aliphatic carboxylic acids is 1. The molecule has 0 saturated carbocycles. The summed E-state index contributed by atoms with van der Waals surface area (Å²) in [5, 5.41) is 34.1. The summed E-state index contributed by atoms with van der Waals surface area (Å²) in [5.74, 6) is -2.02. The van der Waals surface area contributed by atoms with Crippen LogP contribution in [-0.4, -0.2) is 104 Å². The van der Waals surface area contributed by atoms with Gasteiger partial charge >= 0.3 is 5.97 Å². The van der Waals surface area contributed by atoms with Gasteiger partial charge in [-0.15, -0.1) is 0 Å². The van der Waals surface area contributed by atoms with Crippen molar-refractivity contribution in [3.8, 4) is 23.0 Å². The highest BCUT2D eigenvalue weighted by atomic mass is 16.5. The van der Waals surface area contributed by atoms with Gasteiger partial charge in [0.2, 0.25) is 23.6 Å². The lowest BCUT2D eigenvalue weighted by molar-refractivity contribution is -0.137. The number of nitrogens with zero attached hydrogens (tertiary/aromatic N) is 3. The maximum absolute atomic E-state index is 14.0. The first-order valence-corrected chi connectivity index (χ1v) is 24.2. The number of para-hydroxylation sites is 2. The second-order valence-corrected chi connectivity index (χ2v) is 18.2. The third kappa shape index (κ3) is 11.3. The van der Waals surface area contributed by atoms with Crippen LogP contribution in [0.4, 0.5) is 28.4 Å². The van der Waals surface area contributed by atoms with Crippen molar-refractivity contribution in [3.63, 3.8) is 0 Å². The number of unbranched alkanes of at least 4 members (excludes halogenated alkanes) is 1. The summed E-state index contributed by atoms with van der Waals surface area (Å²) in [6, 6.07) is 27.7. The number of carbonyl (C=O) groups is 6. The molecule has 5 aromatic carbocycles. The lowest BCUT2D eigenvalue weighted by Gasteiger charge is -2.30. The Labute approximate surface area is 426 Å². The van der Waals surface area contributed by atoms with Gasteiger partial charge in [0, 0.05) is 72.5 Å². The van der Waals surface area contributed by atoms with Crippen LogP contribution in [0.5, 0.6) is 23.0 Å². The highest BCUT2D eigenvalue weighted by Gasteiger charge is 2.39. The number of hydrogen-bond donors (Lipinski definition) is 7. The molecule has 4 aliphatic heterocycles. The molecular weight excluding hydrogens is 953 g/mol. The van der Waals surface area contributed by atoms with Gasteiger partial charge in [-0.2, -0.15) is 0 Å². The summed E-state index contributed by atoms with van der Waals surface area (Å²) in [6.45, 7) is -0.738. The van der Waals surface area contributed by atoms with Crippen LogP contribution in [0.2, 0.25) is 0 Å². The van der Waals surface area contributed by atoms with Crippen molar-refractivity contribution in [1.82, 2.24) is 16.0 Å². The molecular formula is C54H56N8O12. The molecule has 0 bridgehead atoms. The maximum atomic E-state index is 14.0. The Morgan fingerprint density at radius 3 is 2.00 bits per heavy atom. The van der Waals surface area contributed by atoms with Gasteiger partial charge in [-0.3, -0.25) is 38.7 Å². The molecule has 7 N–H and O–H groups in total. The molecule has 3 atom stereocenters. The predicted molar refractivity (Wildman–Crippen MR) is 274 cm³/mol. The van der Waals surface area contributed by atoms with Gasteiger partial charge in [0.05, 0.1) is 57.2 Å². The van der Waals surface area contributed by atoms with Gasteiger partial charge in [0.15, 0.2) is 29.2 Å². The van der Waals surface area contributed by atoms with E-state index in [4.69, 9.17) is 29.0 Å². The summed E-state index contributed by atoms with van der Waals surface area (Å²) in [6.07, 6.45) is 2.92. The highest BCUT2D eigenvalue weighted by Crippen LogP contribution is 2.45. The summed E-state index contributed by atoms with van der Waals surface area (Å²) in [4.78, 5) is 83.4.